The molecule has 49 heavy (non-hydrogen) atoms. The number of hydrogen-bond acceptors (Lipinski definition) is 5. The van der Waals surface area contributed by atoms with E-state index < -0.39 is 27.9 Å². The van der Waals surface area contributed by atoms with Gasteiger partial charge >= 0.3 is 6.03 Å². The highest BCUT2D eigenvalue weighted by Crippen LogP contribution is 2.78. The van der Waals surface area contributed by atoms with Crippen molar-refractivity contribution < 1.29 is 24.2 Å². The van der Waals surface area contributed by atoms with E-state index >= 15 is 0 Å². The van der Waals surface area contributed by atoms with Crippen LogP contribution in [0.15, 0.2) is 89.1 Å². The Morgan fingerprint density at radius 3 is 2.45 bits per heavy atom. The van der Waals surface area contributed by atoms with Gasteiger partial charge in [0.05, 0.1) is 24.5 Å². The summed E-state index contributed by atoms with van der Waals surface area (Å²) in [5.74, 6) is 0.420. The molecule has 3 aromatic rings. The third-order valence-electron chi connectivity index (χ3n) is 14.1. The monoisotopic (exact) mass is 662 g/mol. The lowest BCUT2D eigenvalue weighted by atomic mass is 9.32. The van der Waals surface area contributed by atoms with Crippen molar-refractivity contribution in [1.29, 1.82) is 0 Å². The van der Waals surface area contributed by atoms with E-state index in [9.17, 15) is 19.8 Å². The first-order chi connectivity index (χ1) is 23.4. The molecule has 0 radical (unpaired) electrons. The molecule has 2 spiro atoms. The van der Waals surface area contributed by atoms with E-state index in [4.69, 9.17) is 4.42 Å². The molecular formula is C42H50N2O5. The summed E-state index contributed by atoms with van der Waals surface area (Å²) in [5.41, 5.74) is -1.02. The van der Waals surface area contributed by atoms with Gasteiger partial charge in [-0.05, 0) is 105 Å². The standard InChI is InChI=1S/C42H50N2O5/c1-27(2)43-37(47)44(25-29-11-7-10-28-9-5-6-12-31(28)29)26-41(48)19-16-35-39(41,4)18-15-34-38(3)17-14-30(45)23-40(38)20-21-42(34,35)32(24-40)36(46)33-13-8-22-49-33/h5-13,20-22,24,27,30,34-35,45,48H,14-19,23,25-26H2,1-4H3,(H,43,47)/t30?,34-,35-,38-,39+,40+,41-,42-/m1/s1. The fourth-order valence-electron chi connectivity index (χ4n) is 11.6. The Kier molecular flexibility index (Phi) is 7.41. The van der Waals surface area contributed by atoms with Crippen molar-refractivity contribution >= 4 is 22.6 Å². The van der Waals surface area contributed by atoms with Gasteiger partial charge in [-0.1, -0.05) is 74.5 Å². The molecule has 8 atom stereocenters. The maximum absolute atomic E-state index is 14.5. The zero-order valence-corrected chi connectivity index (χ0v) is 29.2. The van der Waals surface area contributed by atoms with Crippen LogP contribution in [0.2, 0.25) is 0 Å². The number of hydrogen-bond donors (Lipinski definition) is 3. The first kappa shape index (κ1) is 32.5. The predicted octanol–water partition coefficient (Wildman–Crippen LogP) is 7.83. The Morgan fingerprint density at radius 2 is 1.67 bits per heavy atom. The van der Waals surface area contributed by atoms with Crippen LogP contribution >= 0.6 is 0 Å². The van der Waals surface area contributed by atoms with Crippen LogP contribution in [0.4, 0.5) is 4.79 Å². The molecule has 2 bridgehead atoms. The van der Waals surface area contributed by atoms with Crippen LogP contribution < -0.4 is 5.32 Å². The average Bonchev–Trinajstić information content (AvgIpc) is 3.70. The highest BCUT2D eigenvalue weighted by molar-refractivity contribution is 6.08. The molecule has 6 aliphatic rings. The van der Waals surface area contributed by atoms with Crippen molar-refractivity contribution in [3.8, 4) is 0 Å². The van der Waals surface area contributed by atoms with Crippen LogP contribution in [0, 0.1) is 33.5 Å². The van der Waals surface area contributed by atoms with Gasteiger partial charge in [0.25, 0.3) is 0 Å². The van der Waals surface area contributed by atoms with Crippen LogP contribution in [0.3, 0.4) is 0 Å². The van der Waals surface area contributed by atoms with Crippen molar-refractivity contribution in [1.82, 2.24) is 10.2 Å². The van der Waals surface area contributed by atoms with Gasteiger partial charge in [0.15, 0.2) is 5.76 Å². The topological polar surface area (TPSA) is 103 Å². The molecule has 7 heteroatoms. The quantitative estimate of drug-likeness (QED) is 0.177. The summed E-state index contributed by atoms with van der Waals surface area (Å²) < 4.78 is 5.72. The van der Waals surface area contributed by atoms with Gasteiger partial charge in [-0.25, -0.2) is 4.79 Å². The molecule has 3 fully saturated rings. The average molecular weight is 663 g/mol. The number of carbonyl (C=O) groups is 2. The molecular weight excluding hydrogens is 612 g/mol. The number of benzene rings is 2. The Labute approximate surface area is 289 Å². The minimum absolute atomic E-state index is 0.0142. The Balaban J connectivity index is 1.20. The van der Waals surface area contributed by atoms with Crippen molar-refractivity contribution in [2.75, 3.05) is 6.54 Å². The Morgan fingerprint density at radius 1 is 0.939 bits per heavy atom. The molecule has 7 nitrogen and oxygen atoms in total. The lowest BCUT2D eigenvalue weighted by molar-refractivity contribution is -0.174. The van der Waals surface area contributed by atoms with Crippen molar-refractivity contribution in [3.05, 3.63) is 96.0 Å². The van der Waals surface area contributed by atoms with Crippen LogP contribution in [0.1, 0.15) is 88.8 Å². The number of rotatable bonds is 7. The lowest BCUT2D eigenvalue weighted by Crippen LogP contribution is -2.67. The number of amides is 2. The number of carbonyl (C=O) groups excluding carboxylic acids is 2. The number of ketones is 1. The molecule has 0 saturated heterocycles. The molecule has 0 aliphatic heterocycles. The Bertz CT molecular complexity index is 1860. The predicted molar refractivity (Wildman–Crippen MR) is 190 cm³/mol. The molecule has 258 valence electrons. The molecule has 2 amide bonds. The summed E-state index contributed by atoms with van der Waals surface area (Å²) in [5, 5.41) is 29.3. The second-order valence-electron chi connectivity index (χ2n) is 16.7. The number of allylic oxidation sites excluding steroid dienone is 4. The number of nitrogens with zero attached hydrogens (tertiary/aromatic N) is 1. The van der Waals surface area contributed by atoms with E-state index in [0.717, 1.165) is 54.0 Å². The number of aliphatic hydroxyl groups is 2. The first-order valence-corrected chi connectivity index (χ1v) is 18.3. The van der Waals surface area contributed by atoms with Gasteiger partial charge in [0.2, 0.25) is 5.78 Å². The highest BCUT2D eigenvalue weighted by Gasteiger charge is 2.74. The number of furan rings is 1. The van der Waals surface area contributed by atoms with Crippen molar-refractivity contribution in [3.63, 3.8) is 0 Å². The van der Waals surface area contributed by atoms with Crippen molar-refractivity contribution in [2.45, 2.75) is 96.9 Å². The zero-order chi connectivity index (χ0) is 34.4. The van der Waals surface area contributed by atoms with E-state index in [-0.39, 0.29) is 41.7 Å². The highest BCUT2D eigenvalue weighted by atomic mass is 16.3. The minimum atomic E-state index is -1.17. The first-order valence-electron chi connectivity index (χ1n) is 18.3. The number of fused-ring (bicyclic) bond motifs is 2. The maximum Gasteiger partial charge on any atom is 0.317 e. The van der Waals surface area contributed by atoms with Gasteiger partial charge in [-0.15, -0.1) is 0 Å². The molecule has 9 rings (SSSR count). The van der Waals surface area contributed by atoms with Gasteiger partial charge < -0.3 is 24.8 Å². The number of Topliss-reactive ketones (excluding diaryl/α,β-unsaturated/α-hetero) is 1. The third kappa shape index (κ3) is 4.53. The normalized spacial score (nSPS) is 37.4. The van der Waals surface area contributed by atoms with Crippen LogP contribution in [-0.4, -0.2) is 51.2 Å². The number of urea groups is 1. The van der Waals surface area contributed by atoms with Crippen molar-refractivity contribution in [2.24, 2.45) is 33.5 Å². The minimum Gasteiger partial charge on any atom is -0.461 e. The second-order valence-corrected chi connectivity index (χ2v) is 16.7. The summed E-state index contributed by atoms with van der Waals surface area (Å²) in [7, 11) is 0. The lowest BCUT2D eigenvalue weighted by Gasteiger charge is -2.71. The van der Waals surface area contributed by atoms with E-state index in [1.54, 1.807) is 18.4 Å². The van der Waals surface area contributed by atoms with Gasteiger partial charge in [-0.3, -0.25) is 4.79 Å². The summed E-state index contributed by atoms with van der Waals surface area (Å²) in [6.07, 6.45) is 13.2. The van der Waals surface area contributed by atoms with Gasteiger partial charge in [-0.2, -0.15) is 0 Å². The largest absolute Gasteiger partial charge is 0.461 e. The van der Waals surface area contributed by atoms with Crippen LogP contribution in [0.5, 0.6) is 0 Å². The number of nitrogens with one attached hydrogen (secondary N) is 1. The SMILES string of the molecule is CC(C)NC(=O)N(Cc1cccc2ccccc12)C[C@]1(O)CC[C@H]2[C@]34C=C[C@@]5(C=C3C(=O)c3ccco3)CC(O)CC[C@]5(C)[C@H]4CC[C@@]21C. The molecule has 6 aliphatic carbocycles. The van der Waals surface area contributed by atoms with E-state index in [1.165, 1.54) is 0 Å². The molecule has 3 N–H and O–H groups in total. The maximum atomic E-state index is 14.5. The second kappa shape index (κ2) is 11.2. The Hall–Kier alpha value is -3.68. The fraction of sp³-hybridized carbons (Fsp3) is 0.524. The smallest absolute Gasteiger partial charge is 0.317 e. The van der Waals surface area contributed by atoms with Gasteiger partial charge in [0, 0.05) is 34.4 Å². The van der Waals surface area contributed by atoms with Gasteiger partial charge in [0.1, 0.15) is 0 Å². The summed E-state index contributed by atoms with van der Waals surface area (Å²) in [4.78, 5) is 30.3. The van der Waals surface area contributed by atoms with Crippen LogP contribution in [0.25, 0.3) is 10.8 Å². The summed E-state index contributed by atoms with van der Waals surface area (Å²) >= 11 is 0. The fourth-order valence-corrected chi connectivity index (χ4v) is 11.6. The summed E-state index contributed by atoms with van der Waals surface area (Å²) in [6.45, 7) is 9.11. The van der Waals surface area contributed by atoms with E-state index in [1.807, 2.05) is 36.9 Å². The molecule has 2 aromatic carbocycles. The molecule has 1 unspecified atom stereocenters. The molecule has 1 aromatic heterocycles. The van der Waals surface area contributed by atoms with E-state index in [2.05, 4.69) is 61.7 Å². The molecule has 3 saturated carbocycles. The summed E-state index contributed by atoms with van der Waals surface area (Å²) in [6, 6.07) is 17.7. The molecule has 1 heterocycles. The number of aliphatic hydroxyl groups excluding tert-OH is 1. The van der Waals surface area contributed by atoms with E-state index in [0.29, 0.717) is 25.1 Å². The third-order valence-corrected chi connectivity index (χ3v) is 14.1. The zero-order valence-electron chi connectivity index (χ0n) is 29.2. The van der Waals surface area contributed by atoms with Crippen LogP contribution in [-0.2, 0) is 6.54 Å².